The third-order valence-electron chi connectivity index (χ3n) is 6.96. The average Bonchev–Trinajstić information content (AvgIpc) is 2.92. The van der Waals surface area contributed by atoms with Crippen LogP contribution in [0.25, 0.3) is 0 Å². The topological polar surface area (TPSA) is 76.5 Å². The fourth-order valence-corrected chi connectivity index (χ4v) is 5.09. The second kappa shape index (κ2) is 18.8. The summed E-state index contributed by atoms with van der Waals surface area (Å²) in [5, 5.41) is 2.91. The summed E-state index contributed by atoms with van der Waals surface area (Å²) in [4.78, 5) is -1.44. The molecule has 0 radical (unpaired) electrons. The molecule has 1 fully saturated rings. The Morgan fingerprint density at radius 1 is 1.00 bits per heavy atom. The van der Waals surface area contributed by atoms with Gasteiger partial charge >= 0.3 is 12.6 Å². The van der Waals surface area contributed by atoms with Gasteiger partial charge in [-0.05, 0) is 66.3 Å². The molecule has 0 heterocycles. The number of halogens is 6. The van der Waals surface area contributed by atoms with Crippen molar-refractivity contribution < 1.29 is 31.1 Å². The minimum Gasteiger partial charge on any atom is -0.496 e. The maximum atomic E-state index is 12.7. The first-order valence-electron chi connectivity index (χ1n) is 14.6. The van der Waals surface area contributed by atoms with Crippen molar-refractivity contribution in [2.75, 3.05) is 12.0 Å². The molecule has 3 rings (SSSR count). The van der Waals surface area contributed by atoms with Crippen molar-refractivity contribution in [2.45, 2.75) is 83.7 Å². The molecule has 0 saturated heterocycles. The van der Waals surface area contributed by atoms with Crippen LogP contribution in [0.2, 0.25) is 0 Å². The average molecular weight is 629 g/mol. The standard InChI is InChI=1S/C17H21F6N.C14H20N2O.C2H5N/c18-16(19,20)24(17(21,22)23)15-11-5-10-14(12-15)9-4-8-13-6-2-1-3-7-13;1-5-13-9-12(6-7-14(13)17-4)8-10(2)16-11(3)15;1-2-3/h5,10-13H,1-4,6-9H2;6-7,9,16H,2-3,5,8,15H2,1,4H3;2H,1,3H2. The first-order valence-corrected chi connectivity index (χ1v) is 14.6. The largest absolute Gasteiger partial charge is 0.496 e. The van der Waals surface area contributed by atoms with E-state index in [4.69, 9.17) is 10.5 Å². The number of nitrogens with zero attached hydrogens (tertiary/aromatic N) is 1. The van der Waals surface area contributed by atoms with E-state index in [0.717, 1.165) is 49.3 Å². The number of alkyl halides is 6. The van der Waals surface area contributed by atoms with Gasteiger partial charge in [0.25, 0.3) is 0 Å². The number of methoxy groups -OCH3 is 1. The molecule has 0 aliphatic heterocycles. The Hall–Kier alpha value is -3.76. The quantitative estimate of drug-likeness (QED) is 0.171. The predicted octanol–water partition coefficient (Wildman–Crippen LogP) is 8.86. The second-order valence-corrected chi connectivity index (χ2v) is 10.5. The van der Waals surface area contributed by atoms with E-state index < -0.39 is 23.2 Å². The highest BCUT2D eigenvalue weighted by Crippen LogP contribution is 2.38. The Balaban J connectivity index is 0.000000424. The molecule has 2 aromatic carbocycles. The van der Waals surface area contributed by atoms with Crippen molar-refractivity contribution in [2.24, 2.45) is 17.4 Å². The monoisotopic (exact) mass is 628 g/mol. The molecule has 0 spiro atoms. The lowest BCUT2D eigenvalue weighted by molar-refractivity contribution is -0.226. The zero-order valence-electron chi connectivity index (χ0n) is 25.7. The van der Waals surface area contributed by atoms with Crippen LogP contribution < -0.4 is 26.4 Å². The van der Waals surface area contributed by atoms with Crippen molar-refractivity contribution in [3.63, 3.8) is 0 Å². The lowest BCUT2D eigenvalue weighted by Gasteiger charge is -2.29. The first-order chi connectivity index (χ1) is 20.7. The number of ether oxygens (including phenoxy) is 1. The van der Waals surface area contributed by atoms with Gasteiger partial charge in [0, 0.05) is 12.1 Å². The molecule has 5 nitrogen and oxygen atoms in total. The third kappa shape index (κ3) is 14.1. The van der Waals surface area contributed by atoms with Gasteiger partial charge in [0.2, 0.25) is 0 Å². The lowest BCUT2D eigenvalue weighted by Crippen LogP contribution is -2.48. The van der Waals surface area contributed by atoms with Crippen LogP contribution in [0.1, 0.15) is 68.6 Å². The molecule has 0 amide bonds. The summed E-state index contributed by atoms with van der Waals surface area (Å²) in [6.45, 7) is 12.7. The van der Waals surface area contributed by atoms with Crippen LogP contribution in [0.3, 0.4) is 0 Å². The Bertz CT molecular complexity index is 1160. The van der Waals surface area contributed by atoms with E-state index >= 15 is 0 Å². The summed E-state index contributed by atoms with van der Waals surface area (Å²) in [6, 6.07) is 10.8. The highest BCUT2D eigenvalue weighted by molar-refractivity contribution is 5.50. The van der Waals surface area contributed by atoms with Gasteiger partial charge in [0.1, 0.15) is 5.75 Å². The van der Waals surface area contributed by atoms with Crippen LogP contribution in [0, 0.1) is 5.92 Å². The highest BCUT2D eigenvalue weighted by Gasteiger charge is 2.53. The van der Waals surface area contributed by atoms with Crippen molar-refractivity contribution in [3.8, 4) is 5.75 Å². The molecule has 5 N–H and O–H groups in total. The summed E-state index contributed by atoms with van der Waals surface area (Å²) >= 11 is 0. The van der Waals surface area contributed by atoms with Gasteiger partial charge in [-0.15, -0.1) is 26.3 Å². The number of nitrogens with one attached hydrogen (secondary N) is 1. The van der Waals surface area contributed by atoms with Crippen molar-refractivity contribution >= 4 is 5.69 Å². The summed E-state index contributed by atoms with van der Waals surface area (Å²) in [5.41, 5.74) is 12.9. The minimum absolute atomic E-state index is 0.416. The molecule has 1 saturated carbocycles. The van der Waals surface area contributed by atoms with E-state index in [2.05, 4.69) is 43.8 Å². The van der Waals surface area contributed by atoms with Crippen molar-refractivity contribution in [3.05, 3.63) is 96.6 Å². The number of hydrogen-bond donors (Lipinski definition) is 3. The second-order valence-electron chi connectivity index (χ2n) is 10.5. The maximum absolute atomic E-state index is 12.7. The smallest absolute Gasteiger partial charge is 0.491 e. The van der Waals surface area contributed by atoms with Gasteiger partial charge in [0.15, 0.2) is 0 Å². The molecule has 44 heavy (non-hydrogen) atoms. The van der Waals surface area contributed by atoms with Crippen molar-refractivity contribution in [1.29, 1.82) is 0 Å². The molecule has 1 aliphatic carbocycles. The molecule has 11 heteroatoms. The van der Waals surface area contributed by atoms with E-state index in [-0.39, 0.29) is 0 Å². The number of benzene rings is 2. The molecule has 0 atom stereocenters. The summed E-state index contributed by atoms with van der Waals surface area (Å²) < 4.78 is 81.7. The molecule has 246 valence electrons. The van der Waals surface area contributed by atoms with E-state index in [1.54, 1.807) is 13.2 Å². The number of allylic oxidation sites excluding steroid dienone is 1. The van der Waals surface area contributed by atoms with Crippen LogP contribution in [-0.2, 0) is 19.3 Å². The Labute approximate surface area is 257 Å². The first kappa shape index (κ1) is 38.3. The van der Waals surface area contributed by atoms with Gasteiger partial charge in [-0.3, -0.25) is 0 Å². The molecule has 1 aliphatic rings. The number of rotatable bonds is 11. The van der Waals surface area contributed by atoms with Gasteiger partial charge in [-0.1, -0.05) is 89.5 Å². The molecule has 0 aromatic heterocycles. The van der Waals surface area contributed by atoms with E-state index in [0.29, 0.717) is 23.7 Å². The fourth-order valence-electron chi connectivity index (χ4n) is 5.09. The van der Waals surface area contributed by atoms with Gasteiger partial charge < -0.3 is 21.5 Å². The van der Waals surface area contributed by atoms with E-state index in [9.17, 15) is 26.3 Å². The van der Waals surface area contributed by atoms with Gasteiger partial charge in [-0.25, -0.2) is 0 Å². The molecule has 2 aromatic rings. The number of nitrogens with two attached hydrogens (primary N) is 2. The number of hydrogen-bond acceptors (Lipinski definition) is 5. The van der Waals surface area contributed by atoms with Crippen LogP contribution in [0.5, 0.6) is 5.75 Å². The Kier molecular flexibility index (Phi) is 16.4. The predicted molar refractivity (Wildman–Crippen MR) is 167 cm³/mol. The zero-order valence-corrected chi connectivity index (χ0v) is 25.7. The van der Waals surface area contributed by atoms with E-state index in [1.165, 1.54) is 55.5 Å². The normalized spacial score (nSPS) is 13.4. The fraction of sp³-hybridized carbons (Fsp3) is 0.455. The Morgan fingerprint density at radius 2 is 1.61 bits per heavy atom. The molecule has 0 unspecified atom stereocenters. The van der Waals surface area contributed by atoms with Crippen LogP contribution in [-0.4, -0.2) is 19.7 Å². The zero-order chi connectivity index (χ0) is 33.3. The molecular weight excluding hydrogens is 582 g/mol. The Morgan fingerprint density at radius 3 is 2.14 bits per heavy atom. The molecular formula is C33H46F6N4O. The SMILES string of the molecule is C=C(N)NC(=C)Cc1ccc(OC)c(CC)c1.C=CN.FC(F)(F)N(c1cccc(CCCC2CCCCC2)c1)C(F)(F)F. The van der Waals surface area contributed by atoms with Crippen LogP contribution in [0.15, 0.2) is 79.9 Å². The van der Waals surface area contributed by atoms with Crippen molar-refractivity contribution in [1.82, 2.24) is 5.32 Å². The summed E-state index contributed by atoms with van der Waals surface area (Å²) in [7, 11) is 1.69. The minimum atomic E-state index is -5.50. The number of aryl methyl sites for hydroxylation is 2. The molecule has 0 bridgehead atoms. The lowest BCUT2D eigenvalue weighted by atomic mass is 9.85. The summed E-state index contributed by atoms with van der Waals surface area (Å²) in [6.07, 6.45) is 0.214. The third-order valence-corrected chi connectivity index (χ3v) is 6.96. The maximum Gasteiger partial charge on any atom is 0.491 e. The van der Waals surface area contributed by atoms with Crippen LogP contribution >= 0.6 is 0 Å². The highest BCUT2D eigenvalue weighted by atomic mass is 19.4. The summed E-state index contributed by atoms with van der Waals surface area (Å²) in [5.74, 6) is 1.99. The van der Waals surface area contributed by atoms with Gasteiger partial charge in [-0.2, -0.15) is 4.90 Å². The van der Waals surface area contributed by atoms with Crippen LogP contribution in [0.4, 0.5) is 32.0 Å². The van der Waals surface area contributed by atoms with Gasteiger partial charge in [0.05, 0.1) is 18.6 Å². The van der Waals surface area contributed by atoms with E-state index in [1.807, 2.05) is 12.1 Å². The number of anilines is 1.